The lowest BCUT2D eigenvalue weighted by Gasteiger charge is -1.89. The standard InChI is InChI=1S/C4H3ClN2S/c5-4(3-7)8-2-1-6/h4H,2H2. The maximum atomic E-state index is 8.05. The second-order valence-corrected chi connectivity index (χ2v) is 2.70. The number of rotatable bonds is 2. The highest BCUT2D eigenvalue weighted by Crippen LogP contribution is 2.11. The van der Waals surface area contributed by atoms with Crippen LogP contribution < -0.4 is 0 Å². The molecule has 0 heterocycles. The molecule has 0 rings (SSSR count). The van der Waals surface area contributed by atoms with Crippen LogP contribution in [0.15, 0.2) is 0 Å². The summed E-state index contributed by atoms with van der Waals surface area (Å²) in [7, 11) is 0. The molecule has 2 nitrogen and oxygen atoms in total. The van der Waals surface area contributed by atoms with Crippen molar-refractivity contribution in [1.82, 2.24) is 0 Å². The fourth-order valence-electron chi connectivity index (χ4n) is 0.148. The van der Waals surface area contributed by atoms with Gasteiger partial charge in [0.05, 0.1) is 17.9 Å². The second-order valence-electron chi connectivity index (χ2n) is 0.914. The molecule has 0 bridgehead atoms. The van der Waals surface area contributed by atoms with Crippen molar-refractivity contribution in [2.24, 2.45) is 0 Å². The lowest BCUT2D eigenvalue weighted by molar-refractivity contribution is 1.45. The van der Waals surface area contributed by atoms with Crippen LogP contribution in [0.5, 0.6) is 0 Å². The topological polar surface area (TPSA) is 47.6 Å². The van der Waals surface area contributed by atoms with E-state index in [1.54, 1.807) is 6.07 Å². The van der Waals surface area contributed by atoms with E-state index < -0.39 is 4.71 Å². The van der Waals surface area contributed by atoms with Gasteiger partial charge in [-0.15, -0.1) is 11.8 Å². The zero-order chi connectivity index (χ0) is 6.41. The fraction of sp³-hybridized carbons (Fsp3) is 0.500. The van der Waals surface area contributed by atoms with Crippen LogP contribution in [0.4, 0.5) is 0 Å². The molecular weight excluding hydrogens is 144 g/mol. The van der Waals surface area contributed by atoms with Crippen LogP contribution in [0.3, 0.4) is 0 Å². The van der Waals surface area contributed by atoms with Crippen LogP contribution in [0.1, 0.15) is 0 Å². The largest absolute Gasteiger partial charge is 0.197 e. The third-order valence-electron chi connectivity index (χ3n) is 0.396. The van der Waals surface area contributed by atoms with E-state index in [1.165, 1.54) is 0 Å². The van der Waals surface area contributed by atoms with Gasteiger partial charge in [-0.2, -0.15) is 10.5 Å². The van der Waals surface area contributed by atoms with Crippen molar-refractivity contribution < 1.29 is 0 Å². The molecule has 0 aromatic rings. The maximum absolute atomic E-state index is 8.05. The molecular formula is C4H3ClN2S. The quantitative estimate of drug-likeness (QED) is 0.553. The molecule has 1 unspecified atom stereocenters. The van der Waals surface area contributed by atoms with Crippen molar-refractivity contribution >= 4 is 23.4 Å². The molecule has 0 N–H and O–H groups in total. The average molecular weight is 147 g/mol. The van der Waals surface area contributed by atoms with Gasteiger partial charge in [0.25, 0.3) is 0 Å². The number of alkyl halides is 1. The lowest BCUT2D eigenvalue weighted by Crippen LogP contribution is -1.85. The summed E-state index contributed by atoms with van der Waals surface area (Å²) in [5, 5.41) is 16.0. The lowest BCUT2D eigenvalue weighted by atomic mass is 10.9. The monoisotopic (exact) mass is 146 g/mol. The van der Waals surface area contributed by atoms with Gasteiger partial charge in [0.15, 0.2) is 4.71 Å². The Kier molecular flexibility index (Phi) is 4.54. The maximum Gasteiger partial charge on any atom is 0.166 e. The zero-order valence-corrected chi connectivity index (χ0v) is 5.54. The zero-order valence-electron chi connectivity index (χ0n) is 3.97. The SMILES string of the molecule is N#CCSC(Cl)C#N. The van der Waals surface area contributed by atoms with Gasteiger partial charge in [0.2, 0.25) is 0 Å². The van der Waals surface area contributed by atoms with E-state index in [2.05, 4.69) is 0 Å². The van der Waals surface area contributed by atoms with Gasteiger partial charge >= 0.3 is 0 Å². The number of halogens is 1. The molecule has 0 aliphatic rings. The Labute approximate surface area is 57.0 Å². The summed E-state index contributed by atoms with van der Waals surface area (Å²) in [5.74, 6) is 0.279. The first kappa shape index (κ1) is 7.62. The highest BCUT2D eigenvalue weighted by molar-refractivity contribution is 8.01. The average Bonchev–Trinajstić information content (AvgIpc) is 1.83. The van der Waals surface area contributed by atoms with E-state index in [9.17, 15) is 0 Å². The smallest absolute Gasteiger partial charge is 0.166 e. The summed E-state index contributed by atoms with van der Waals surface area (Å²) in [5.41, 5.74) is 0. The van der Waals surface area contributed by atoms with Crippen LogP contribution >= 0.6 is 23.4 Å². The summed E-state index contributed by atoms with van der Waals surface area (Å²) < 4.78 is -0.574. The van der Waals surface area contributed by atoms with Gasteiger partial charge < -0.3 is 0 Å². The number of thioether (sulfide) groups is 1. The van der Waals surface area contributed by atoms with Crippen LogP contribution in [0, 0.1) is 22.7 Å². The third-order valence-corrected chi connectivity index (χ3v) is 1.57. The summed E-state index contributed by atoms with van der Waals surface area (Å²) in [6, 6.07) is 3.64. The number of nitrogens with zero attached hydrogens (tertiary/aromatic N) is 2. The van der Waals surface area contributed by atoms with Crippen molar-refractivity contribution in [3.05, 3.63) is 0 Å². The van der Waals surface area contributed by atoms with E-state index >= 15 is 0 Å². The molecule has 0 spiro atoms. The summed E-state index contributed by atoms with van der Waals surface area (Å²) in [4.78, 5) is 0. The van der Waals surface area contributed by atoms with Gasteiger partial charge in [0, 0.05) is 0 Å². The third kappa shape index (κ3) is 3.80. The van der Waals surface area contributed by atoms with Gasteiger partial charge in [-0.05, 0) is 0 Å². The van der Waals surface area contributed by atoms with Crippen LogP contribution in [-0.2, 0) is 0 Å². The minimum absolute atomic E-state index is 0.279. The Morgan fingerprint density at radius 3 is 2.62 bits per heavy atom. The number of hydrogen-bond acceptors (Lipinski definition) is 3. The Bertz CT molecular complexity index is 134. The van der Waals surface area contributed by atoms with E-state index in [-0.39, 0.29) is 5.75 Å². The van der Waals surface area contributed by atoms with E-state index in [4.69, 9.17) is 22.1 Å². The first-order valence-corrected chi connectivity index (χ1v) is 3.32. The Balaban J connectivity index is 3.18. The molecule has 0 fully saturated rings. The van der Waals surface area contributed by atoms with Crippen LogP contribution in [-0.4, -0.2) is 10.5 Å². The Hall–Kier alpha value is -0.380. The number of nitriles is 2. The van der Waals surface area contributed by atoms with Crippen molar-refractivity contribution in [3.8, 4) is 12.1 Å². The minimum Gasteiger partial charge on any atom is -0.197 e. The molecule has 0 aromatic heterocycles. The second kappa shape index (κ2) is 4.77. The molecule has 0 aromatic carbocycles. The summed E-state index contributed by atoms with van der Waals surface area (Å²) >= 11 is 6.41. The molecule has 4 heteroatoms. The molecule has 42 valence electrons. The molecule has 1 atom stereocenters. The summed E-state index contributed by atoms with van der Waals surface area (Å²) in [6.07, 6.45) is 0. The Morgan fingerprint density at radius 1 is 1.62 bits per heavy atom. The van der Waals surface area contributed by atoms with Crippen molar-refractivity contribution in [1.29, 1.82) is 10.5 Å². The highest BCUT2D eigenvalue weighted by atomic mass is 35.5. The van der Waals surface area contributed by atoms with Crippen LogP contribution in [0.2, 0.25) is 0 Å². The molecule has 0 saturated carbocycles. The first-order chi connectivity index (χ1) is 3.81. The van der Waals surface area contributed by atoms with Gasteiger partial charge in [-0.1, -0.05) is 11.6 Å². The minimum atomic E-state index is -0.574. The first-order valence-electron chi connectivity index (χ1n) is 1.83. The molecule has 0 saturated heterocycles. The predicted molar refractivity (Wildman–Crippen MR) is 33.3 cm³/mol. The summed E-state index contributed by atoms with van der Waals surface area (Å²) in [6.45, 7) is 0. The highest BCUT2D eigenvalue weighted by Gasteiger charge is 1.98. The molecule has 8 heavy (non-hydrogen) atoms. The van der Waals surface area contributed by atoms with Crippen LogP contribution in [0.25, 0.3) is 0 Å². The Morgan fingerprint density at radius 2 is 2.25 bits per heavy atom. The van der Waals surface area contributed by atoms with Crippen molar-refractivity contribution in [2.45, 2.75) is 4.71 Å². The molecule has 0 amide bonds. The molecule has 0 radical (unpaired) electrons. The van der Waals surface area contributed by atoms with Crippen molar-refractivity contribution in [2.75, 3.05) is 5.75 Å². The van der Waals surface area contributed by atoms with E-state index in [1.807, 2.05) is 6.07 Å². The van der Waals surface area contributed by atoms with Gasteiger partial charge in [-0.3, -0.25) is 0 Å². The molecule has 0 aliphatic heterocycles. The molecule has 0 aliphatic carbocycles. The van der Waals surface area contributed by atoms with Crippen molar-refractivity contribution in [3.63, 3.8) is 0 Å². The van der Waals surface area contributed by atoms with Gasteiger partial charge in [-0.25, -0.2) is 0 Å². The fourth-order valence-corrected chi connectivity index (χ4v) is 0.632. The predicted octanol–water partition coefficient (Wildman–Crippen LogP) is 1.33. The van der Waals surface area contributed by atoms with E-state index in [0.717, 1.165) is 11.8 Å². The normalized spacial score (nSPS) is 11.4. The van der Waals surface area contributed by atoms with Gasteiger partial charge in [0.1, 0.15) is 0 Å². The van der Waals surface area contributed by atoms with E-state index in [0.29, 0.717) is 0 Å². The number of hydrogen-bond donors (Lipinski definition) is 0.